The molecule has 0 saturated heterocycles. The summed E-state index contributed by atoms with van der Waals surface area (Å²) in [5, 5.41) is 16.6. The summed E-state index contributed by atoms with van der Waals surface area (Å²) in [5.74, 6) is -0.903. The number of hydrogen-bond acceptors (Lipinski definition) is 3. The molecule has 0 spiro atoms. The molecule has 0 atom stereocenters. The topological polar surface area (TPSA) is 68.0 Å². The Labute approximate surface area is 113 Å². The number of aliphatic carboxylic acids is 1. The van der Waals surface area contributed by atoms with E-state index in [0.717, 1.165) is 21.3 Å². The fourth-order valence-electron chi connectivity index (χ4n) is 1.90. The van der Waals surface area contributed by atoms with Crippen LogP contribution in [0.3, 0.4) is 0 Å². The van der Waals surface area contributed by atoms with Crippen LogP contribution in [-0.2, 0) is 11.2 Å². The third-order valence-electron chi connectivity index (χ3n) is 2.56. The van der Waals surface area contributed by atoms with Crippen molar-refractivity contribution in [2.45, 2.75) is 20.3 Å². The number of aromatic nitrogens is 3. The normalized spacial score (nSPS) is 10.6. The van der Waals surface area contributed by atoms with Crippen LogP contribution in [0.4, 0.5) is 0 Å². The lowest BCUT2D eigenvalue weighted by molar-refractivity contribution is -0.136. The zero-order chi connectivity index (χ0) is 13.3. The molecule has 0 saturated carbocycles. The highest BCUT2D eigenvalue weighted by atomic mass is 79.9. The van der Waals surface area contributed by atoms with Crippen molar-refractivity contribution in [2.75, 3.05) is 0 Å². The second kappa shape index (κ2) is 4.89. The van der Waals surface area contributed by atoms with Gasteiger partial charge in [-0.25, -0.2) is 4.68 Å². The molecule has 0 amide bonds. The Kier molecular flexibility index (Phi) is 3.47. The van der Waals surface area contributed by atoms with E-state index in [9.17, 15) is 4.79 Å². The van der Waals surface area contributed by atoms with E-state index >= 15 is 0 Å². The lowest BCUT2D eigenvalue weighted by Gasteiger charge is -2.11. The summed E-state index contributed by atoms with van der Waals surface area (Å²) in [6.45, 7) is 3.96. The first-order chi connectivity index (χ1) is 8.49. The average Bonchev–Trinajstić information content (AvgIpc) is 2.63. The smallest absolute Gasteiger partial charge is 0.309 e. The number of benzene rings is 1. The van der Waals surface area contributed by atoms with Gasteiger partial charge in [0, 0.05) is 4.47 Å². The summed E-state index contributed by atoms with van der Waals surface area (Å²) in [5.41, 5.74) is 3.52. The van der Waals surface area contributed by atoms with Gasteiger partial charge in [0.25, 0.3) is 0 Å². The Morgan fingerprint density at radius 1 is 1.44 bits per heavy atom. The predicted molar refractivity (Wildman–Crippen MR) is 69.9 cm³/mol. The summed E-state index contributed by atoms with van der Waals surface area (Å²) in [6, 6.07) is 3.99. The maximum absolute atomic E-state index is 10.8. The molecule has 1 aromatic heterocycles. The van der Waals surface area contributed by atoms with E-state index in [1.54, 1.807) is 4.68 Å². The van der Waals surface area contributed by atoms with Crippen LogP contribution in [0, 0.1) is 13.8 Å². The largest absolute Gasteiger partial charge is 0.481 e. The fourth-order valence-corrected chi connectivity index (χ4v) is 2.74. The summed E-state index contributed by atoms with van der Waals surface area (Å²) in [6.07, 6.45) is 1.37. The third-order valence-corrected chi connectivity index (χ3v) is 3.17. The number of carbonyl (C=O) groups is 1. The Balaban J connectivity index is 2.56. The summed E-state index contributed by atoms with van der Waals surface area (Å²) in [7, 11) is 0. The minimum Gasteiger partial charge on any atom is -0.481 e. The highest BCUT2D eigenvalue weighted by molar-refractivity contribution is 9.10. The van der Waals surface area contributed by atoms with Crippen molar-refractivity contribution in [1.29, 1.82) is 0 Å². The van der Waals surface area contributed by atoms with Crippen LogP contribution in [0.2, 0.25) is 0 Å². The molecule has 0 bridgehead atoms. The molecular formula is C12H12BrN3O2. The number of rotatable bonds is 3. The standard InChI is InChI=1S/C12H12BrN3O2/c1-7-3-8(2)12(10(13)4-7)16-9(5-11(17)18)6-14-15-16/h3-4,6H,5H2,1-2H3,(H,17,18). The molecule has 18 heavy (non-hydrogen) atoms. The molecule has 0 unspecified atom stereocenters. The first kappa shape index (κ1) is 12.8. The molecule has 0 aliphatic heterocycles. The number of nitrogens with zero attached hydrogens (tertiary/aromatic N) is 3. The maximum Gasteiger partial charge on any atom is 0.309 e. The van der Waals surface area contributed by atoms with Gasteiger partial charge in [-0.1, -0.05) is 11.3 Å². The van der Waals surface area contributed by atoms with E-state index in [4.69, 9.17) is 5.11 Å². The highest BCUT2D eigenvalue weighted by Crippen LogP contribution is 2.26. The quantitative estimate of drug-likeness (QED) is 0.944. The fraction of sp³-hybridized carbons (Fsp3) is 0.250. The van der Waals surface area contributed by atoms with Crippen molar-refractivity contribution in [2.24, 2.45) is 0 Å². The van der Waals surface area contributed by atoms with Gasteiger partial charge in [-0.05, 0) is 47.0 Å². The van der Waals surface area contributed by atoms with Crippen LogP contribution >= 0.6 is 15.9 Å². The van der Waals surface area contributed by atoms with Gasteiger partial charge in [0.15, 0.2) is 0 Å². The zero-order valence-electron chi connectivity index (χ0n) is 10.0. The Morgan fingerprint density at radius 3 is 2.78 bits per heavy atom. The van der Waals surface area contributed by atoms with Crippen molar-refractivity contribution in [3.05, 3.63) is 39.6 Å². The molecule has 5 nitrogen and oxygen atoms in total. The van der Waals surface area contributed by atoms with Gasteiger partial charge >= 0.3 is 5.97 Å². The van der Waals surface area contributed by atoms with Gasteiger partial charge in [-0.15, -0.1) is 5.10 Å². The Hall–Kier alpha value is -1.69. The van der Waals surface area contributed by atoms with E-state index in [1.807, 2.05) is 26.0 Å². The van der Waals surface area contributed by atoms with E-state index in [1.165, 1.54) is 6.20 Å². The van der Waals surface area contributed by atoms with Gasteiger partial charge in [0.2, 0.25) is 0 Å². The number of carboxylic acids is 1. The minimum atomic E-state index is -0.903. The van der Waals surface area contributed by atoms with Crippen LogP contribution in [0.5, 0.6) is 0 Å². The lowest BCUT2D eigenvalue weighted by Crippen LogP contribution is -2.09. The SMILES string of the molecule is Cc1cc(C)c(-n2nncc2CC(=O)O)c(Br)c1. The van der Waals surface area contributed by atoms with Crippen LogP contribution in [0.15, 0.2) is 22.8 Å². The molecule has 1 N–H and O–H groups in total. The number of aryl methyl sites for hydroxylation is 2. The van der Waals surface area contributed by atoms with Gasteiger partial charge in [0.05, 0.1) is 24.0 Å². The molecule has 0 radical (unpaired) electrons. The number of halogens is 1. The molecule has 2 rings (SSSR count). The van der Waals surface area contributed by atoms with E-state index in [2.05, 4.69) is 26.2 Å². The molecule has 0 aliphatic carbocycles. The molecule has 94 valence electrons. The number of carboxylic acid groups (broad SMARTS) is 1. The van der Waals surface area contributed by atoms with Crippen molar-refractivity contribution >= 4 is 21.9 Å². The summed E-state index contributed by atoms with van der Waals surface area (Å²) < 4.78 is 2.43. The van der Waals surface area contributed by atoms with E-state index < -0.39 is 5.97 Å². The van der Waals surface area contributed by atoms with Gasteiger partial charge in [-0.3, -0.25) is 4.79 Å². The van der Waals surface area contributed by atoms with E-state index in [-0.39, 0.29) is 6.42 Å². The number of hydrogen-bond donors (Lipinski definition) is 1. The van der Waals surface area contributed by atoms with Gasteiger partial charge < -0.3 is 5.11 Å². The lowest BCUT2D eigenvalue weighted by atomic mass is 10.1. The molecule has 0 fully saturated rings. The first-order valence-electron chi connectivity index (χ1n) is 5.37. The van der Waals surface area contributed by atoms with Crippen molar-refractivity contribution in [3.8, 4) is 5.69 Å². The van der Waals surface area contributed by atoms with Crippen LogP contribution in [0.1, 0.15) is 16.8 Å². The minimum absolute atomic E-state index is 0.104. The second-order valence-corrected chi connectivity index (χ2v) is 4.97. The molecule has 2 aromatic rings. The molecule has 1 aromatic carbocycles. The van der Waals surface area contributed by atoms with Crippen molar-refractivity contribution in [1.82, 2.24) is 15.0 Å². The van der Waals surface area contributed by atoms with Crippen LogP contribution in [-0.4, -0.2) is 26.1 Å². The third kappa shape index (κ3) is 2.43. The molecular weight excluding hydrogens is 298 g/mol. The highest BCUT2D eigenvalue weighted by Gasteiger charge is 2.14. The molecule has 1 heterocycles. The monoisotopic (exact) mass is 309 g/mol. The van der Waals surface area contributed by atoms with Crippen LogP contribution in [0.25, 0.3) is 5.69 Å². The second-order valence-electron chi connectivity index (χ2n) is 4.12. The predicted octanol–water partition coefficient (Wildman–Crippen LogP) is 2.27. The van der Waals surface area contributed by atoms with Gasteiger partial charge in [-0.2, -0.15) is 0 Å². The zero-order valence-corrected chi connectivity index (χ0v) is 11.6. The molecule has 0 aliphatic rings. The van der Waals surface area contributed by atoms with Crippen molar-refractivity contribution < 1.29 is 9.90 Å². The van der Waals surface area contributed by atoms with Crippen molar-refractivity contribution in [3.63, 3.8) is 0 Å². The van der Waals surface area contributed by atoms with Gasteiger partial charge in [0.1, 0.15) is 0 Å². The van der Waals surface area contributed by atoms with E-state index in [0.29, 0.717) is 5.69 Å². The summed E-state index contributed by atoms with van der Waals surface area (Å²) in [4.78, 5) is 10.8. The molecule has 6 heteroatoms. The Bertz CT molecular complexity index is 584. The maximum atomic E-state index is 10.8. The first-order valence-corrected chi connectivity index (χ1v) is 6.17. The summed E-state index contributed by atoms with van der Waals surface area (Å²) >= 11 is 3.48. The van der Waals surface area contributed by atoms with Crippen LogP contribution < -0.4 is 0 Å². The average molecular weight is 310 g/mol. The Morgan fingerprint density at radius 2 is 2.17 bits per heavy atom.